The van der Waals surface area contributed by atoms with Gasteiger partial charge in [-0.25, -0.2) is 14.8 Å². The summed E-state index contributed by atoms with van der Waals surface area (Å²) in [6, 6.07) is 15.0. The number of unbranched alkanes of at least 4 members (excludes halogenated alkanes) is 1. The van der Waals surface area contributed by atoms with Crippen molar-refractivity contribution in [2.24, 2.45) is 7.05 Å². The van der Waals surface area contributed by atoms with Crippen LogP contribution in [0.15, 0.2) is 70.3 Å². The van der Waals surface area contributed by atoms with Crippen LogP contribution in [0.4, 0.5) is 4.79 Å². The van der Waals surface area contributed by atoms with Crippen molar-refractivity contribution < 1.29 is 13.9 Å². The minimum absolute atomic E-state index is 0.103. The summed E-state index contributed by atoms with van der Waals surface area (Å²) >= 11 is 0. The summed E-state index contributed by atoms with van der Waals surface area (Å²) in [6.07, 6.45) is 4.69. The van der Waals surface area contributed by atoms with Gasteiger partial charge in [0.1, 0.15) is 12.4 Å². The number of rotatable bonds is 8. The number of alkyl carbamates (subject to hydrolysis) is 1. The average molecular weight is 432 g/mol. The minimum atomic E-state index is -0.437. The number of amides is 1. The van der Waals surface area contributed by atoms with Gasteiger partial charge in [0.15, 0.2) is 12.2 Å². The maximum Gasteiger partial charge on any atom is 0.407 e. The zero-order chi connectivity index (χ0) is 22.3. The van der Waals surface area contributed by atoms with Crippen LogP contribution in [0.1, 0.15) is 24.2 Å². The molecule has 0 aliphatic carbocycles. The van der Waals surface area contributed by atoms with Crippen LogP contribution in [0.2, 0.25) is 0 Å². The third-order valence-electron chi connectivity index (χ3n) is 5.19. The van der Waals surface area contributed by atoms with Crippen LogP contribution < -0.4 is 10.9 Å². The number of benzene rings is 2. The number of hydrogen-bond donors (Lipinski definition) is 1. The Kier molecular flexibility index (Phi) is 6.60. The normalized spacial score (nSPS) is 10.9. The Bertz CT molecular complexity index is 1250. The molecule has 0 saturated heterocycles. The highest BCUT2D eigenvalue weighted by atomic mass is 16.5. The molecule has 0 fully saturated rings. The van der Waals surface area contributed by atoms with Crippen LogP contribution in [0.25, 0.3) is 22.2 Å². The summed E-state index contributed by atoms with van der Waals surface area (Å²) < 4.78 is 12.1. The standard InChI is InChI=1S/C24H24N4O4/c1-28-22(9-5-6-12-26-24(30)31-15-17-7-3-2-4-8-17)27-20-11-10-18(13-19(20)23(28)29)21-14-25-16-32-21/h2-4,7-8,10-11,13-14,16H,5-6,9,12,15H2,1H3,(H,26,30). The summed E-state index contributed by atoms with van der Waals surface area (Å²) in [6.45, 7) is 0.740. The molecule has 2 aromatic heterocycles. The number of aromatic nitrogens is 3. The van der Waals surface area contributed by atoms with E-state index in [0.717, 1.165) is 24.0 Å². The molecular weight excluding hydrogens is 408 g/mol. The summed E-state index contributed by atoms with van der Waals surface area (Å²) in [5.74, 6) is 1.31. The quantitative estimate of drug-likeness (QED) is 0.425. The Hall–Kier alpha value is -3.94. The van der Waals surface area contributed by atoms with Crippen molar-refractivity contribution in [3.63, 3.8) is 0 Å². The number of ether oxygens (including phenoxy) is 1. The van der Waals surface area contributed by atoms with Crippen molar-refractivity contribution in [3.05, 3.63) is 82.9 Å². The van der Waals surface area contributed by atoms with Crippen molar-refractivity contribution >= 4 is 17.0 Å². The van der Waals surface area contributed by atoms with E-state index >= 15 is 0 Å². The van der Waals surface area contributed by atoms with Crippen molar-refractivity contribution in [1.82, 2.24) is 19.9 Å². The van der Waals surface area contributed by atoms with Gasteiger partial charge in [-0.2, -0.15) is 0 Å². The second-order valence-corrected chi connectivity index (χ2v) is 7.44. The molecule has 164 valence electrons. The Morgan fingerprint density at radius 1 is 1.16 bits per heavy atom. The Labute approximate surface area is 184 Å². The van der Waals surface area contributed by atoms with Crippen LogP contribution >= 0.6 is 0 Å². The molecule has 1 amide bonds. The van der Waals surface area contributed by atoms with Gasteiger partial charge >= 0.3 is 6.09 Å². The van der Waals surface area contributed by atoms with Crippen LogP contribution in [-0.2, 0) is 24.8 Å². The van der Waals surface area contributed by atoms with E-state index < -0.39 is 6.09 Å². The Morgan fingerprint density at radius 3 is 2.78 bits per heavy atom. The molecule has 0 unspecified atom stereocenters. The fourth-order valence-electron chi connectivity index (χ4n) is 3.42. The lowest BCUT2D eigenvalue weighted by molar-refractivity contribution is 0.139. The van der Waals surface area contributed by atoms with Crippen molar-refractivity contribution in [1.29, 1.82) is 0 Å². The zero-order valence-corrected chi connectivity index (χ0v) is 17.8. The van der Waals surface area contributed by atoms with E-state index in [1.165, 1.54) is 6.39 Å². The van der Waals surface area contributed by atoms with Gasteiger partial charge in [0.25, 0.3) is 5.56 Å². The highest BCUT2D eigenvalue weighted by molar-refractivity contribution is 5.82. The van der Waals surface area contributed by atoms with E-state index in [0.29, 0.717) is 35.5 Å². The smallest absolute Gasteiger partial charge is 0.407 e. The molecule has 0 aliphatic rings. The van der Waals surface area contributed by atoms with Crippen molar-refractivity contribution in [2.45, 2.75) is 25.9 Å². The van der Waals surface area contributed by atoms with Crippen LogP contribution in [0, 0.1) is 0 Å². The van der Waals surface area contributed by atoms with Crippen LogP contribution in [0.5, 0.6) is 0 Å². The summed E-state index contributed by atoms with van der Waals surface area (Å²) in [5.41, 5.74) is 2.27. The van der Waals surface area contributed by atoms with E-state index in [-0.39, 0.29) is 12.2 Å². The van der Waals surface area contributed by atoms with Crippen LogP contribution in [-0.4, -0.2) is 27.2 Å². The number of fused-ring (bicyclic) bond motifs is 1. The first kappa shape index (κ1) is 21.3. The lowest BCUT2D eigenvalue weighted by atomic mass is 10.1. The van der Waals surface area contributed by atoms with E-state index in [9.17, 15) is 9.59 Å². The van der Waals surface area contributed by atoms with Gasteiger partial charge in [0, 0.05) is 25.6 Å². The van der Waals surface area contributed by atoms with Gasteiger partial charge in [0.05, 0.1) is 17.1 Å². The van der Waals surface area contributed by atoms with Gasteiger partial charge in [-0.1, -0.05) is 30.3 Å². The molecule has 8 heteroatoms. The zero-order valence-electron chi connectivity index (χ0n) is 17.8. The number of nitrogens with one attached hydrogen (secondary N) is 1. The molecule has 0 bridgehead atoms. The largest absolute Gasteiger partial charge is 0.445 e. The monoisotopic (exact) mass is 432 g/mol. The molecular formula is C24H24N4O4. The number of carbonyl (C=O) groups excluding carboxylic acids is 1. The third-order valence-corrected chi connectivity index (χ3v) is 5.19. The first-order chi connectivity index (χ1) is 15.6. The Morgan fingerprint density at radius 2 is 2.00 bits per heavy atom. The second-order valence-electron chi connectivity index (χ2n) is 7.44. The summed E-state index contributed by atoms with van der Waals surface area (Å²) in [7, 11) is 1.73. The SMILES string of the molecule is Cn1c(CCCCNC(=O)OCc2ccccc2)nc2ccc(-c3cnco3)cc2c1=O. The van der Waals surface area contributed by atoms with Gasteiger partial charge in [-0.05, 0) is 36.6 Å². The summed E-state index contributed by atoms with van der Waals surface area (Å²) in [4.78, 5) is 33.2. The lowest BCUT2D eigenvalue weighted by Gasteiger charge is -2.10. The number of oxazole rings is 1. The van der Waals surface area contributed by atoms with Gasteiger partial charge in [-0.15, -0.1) is 0 Å². The van der Waals surface area contributed by atoms with E-state index in [2.05, 4.69) is 15.3 Å². The van der Waals surface area contributed by atoms with E-state index in [1.807, 2.05) is 42.5 Å². The second kappa shape index (κ2) is 9.91. The Balaban J connectivity index is 1.29. The highest BCUT2D eigenvalue weighted by Crippen LogP contribution is 2.22. The molecule has 4 rings (SSSR count). The van der Waals surface area contributed by atoms with Gasteiger partial charge in [0.2, 0.25) is 0 Å². The predicted octanol–water partition coefficient (Wildman–Crippen LogP) is 3.84. The fourth-order valence-corrected chi connectivity index (χ4v) is 3.42. The van der Waals surface area contributed by atoms with Gasteiger partial charge in [-0.3, -0.25) is 9.36 Å². The fraction of sp³-hybridized carbons (Fsp3) is 0.250. The number of nitrogens with zero attached hydrogens (tertiary/aromatic N) is 3. The molecule has 1 N–H and O–H groups in total. The van der Waals surface area contributed by atoms with Crippen LogP contribution in [0.3, 0.4) is 0 Å². The molecule has 32 heavy (non-hydrogen) atoms. The van der Waals surface area contributed by atoms with Gasteiger partial charge < -0.3 is 14.5 Å². The van der Waals surface area contributed by atoms with Crippen molar-refractivity contribution in [2.75, 3.05) is 6.54 Å². The maximum absolute atomic E-state index is 12.8. The number of hydrogen-bond acceptors (Lipinski definition) is 6. The average Bonchev–Trinajstić information content (AvgIpc) is 3.36. The topological polar surface area (TPSA) is 99.2 Å². The molecule has 0 aliphatic heterocycles. The minimum Gasteiger partial charge on any atom is -0.445 e. The molecule has 8 nitrogen and oxygen atoms in total. The number of carbonyl (C=O) groups is 1. The molecule has 0 spiro atoms. The van der Waals surface area contributed by atoms with E-state index in [1.54, 1.807) is 23.9 Å². The third kappa shape index (κ3) is 5.03. The first-order valence-corrected chi connectivity index (χ1v) is 10.4. The molecule has 0 radical (unpaired) electrons. The molecule has 2 heterocycles. The predicted molar refractivity (Wildman–Crippen MR) is 120 cm³/mol. The first-order valence-electron chi connectivity index (χ1n) is 10.4. The lowest BCUT2D eigenvalue weighted by Crippen LogP contribution is -2.25. The maximum atomic E-state index is 12.8. The van der Waals surface area contributed by atoms with Crippen molar-refractivity contribution in [3.8, 4) is 11.3 Å². The molecule has 4 aromatic rings. The molecule has 0 atom stereocenters. The number of aryl methyl sites for hydroxylation is 1. The highest BCUT2D eigenvalue weighted by Gasteiger charge is 2.11. The molecule has 2 aromatic carbocycles. The summed E-state index contributed by atoms with van der Waals surface area (Å²) in [5, 5.41) is 3.29. The molecule has 0 saturated carbocycles. The van der Waals surface area contributed by atoms with E-state index in [4.69, 9.17) is 9.15 Å².